The van der Waals surface area contributed by atoms with Gasteiger partial charge < -0.3 is 10.1 Å². The molecule has 2 aliphatic heterocycles. The minimum atomic E-state index is 0.925. The Balaban J connectivity index is 0.000000128. The van der Waals surface area contributed by atoms with Gasteiger partial charge in [-0.25, -0.2) is 0 Å². The van der Waals surface area contributed by atoms with Crippen LogP contribution in [0.15, 0.2) is 0 Å². The third kappa shape index (κ3) is 4.38. The van der Waals surface area contributed by atoms with E-state index in [1.165, 1.54) is 32.4 Å². The van der Waals surface area contributed by atoms with E-state index in [1.54, 1.807) is 0 Å². The van der Waals surface area contributed by atoms with Crippen LogP contribution in [0.3, 0.4) is 0 Å². The summed E-state index contributed by atoms with van der Waals surface area (Å²) < 4.78 is 4.72. The number of hydrogen-bond donors (Lipinski definition) is 1. The highest BCUT2D eigenvalue weighted by atomic mass is 16.5. The molecule has 1 N–H and O–H groups in total. The molecule has 0 aliphatic carbocycles. The predicted octanol–water partition coefficient (Wildman–Crippen LogP) is 1.41. The minimum Gasteiger partial charge on any atom is -0.381 e. The van der Waals surface area contributed by atoms with E-state index >= 15 is 0 Å². The smallest absolute Gasteiger partial charge is 0.0488 e. The first-order valence-corrected chi connectivity index (χ1v) is 4.68. The number of rotatable bonds is 0. The van der Waals surface area contributed by atoms with Crippen LogP contribution in [0.5, 0.6) is 0 Å². The lowest BCUT2D eigenvalue weighted by molar-refractivity contribution is 0.0367. The zero-order valence-corrected chi connectivity index (χ0v) is 7.44. The second kappa shape index (κ2) is 5.56. The van der Waals surface area contributed by atoms with E-state index < -0.39 is 0 Å². The fraction of sp³-hybridized carbons (Fsp3) is 1.00. The van der Waals surface area contributed by atoms with E-state index in [1.807, 2.05) is 0 Å². The van der Waals surface area contributed by atoms with Crippen molar-refractivity contribution in [3.8, 4) is 0 Å². The van der Waals surface area contributed by atoms with Crippen LogP contribution >= 0.6 is 0 Å². The normalized spacial score (nSPS) is 29.7. The molecule has 0 unspecified atom stereocenters. The molecule has 0 amide bonds. The van der Waals surface area contributed by atoms with Crippen LogP contribution in [-0.2, 0) is 4.74 Å². The van der Waals surface area contributed by atoms with Crippen molar-refractivity contribution < 1.29 is 4.74 Å². The van der Waals surface area contributed by atoms with Gasteiger partial charge in [-0.05, 0) is 38.3 Å². The minimum absolute atomic E-state index is 0.925. The van der Waals surface area contributed by atoms with Gasteiger partial charge in [0.1, 0.15) is 0 Å². The zero-order chi connectivity index (χ0) is 7.94. The summed E-state index contributed by atoms with van der Waals surface area (Å²) in [5.74, 6) is 0.925. The molecule has 2 saturated heterocycles. The Morgan fingerprint density at radius 1 is 1.27 bits per heavy atom. The molecule has 2 fully saturated rings. The number of ether oxygens (including phenoxy) is 1. The fourth-order valence-electron chi connectivity index (χ4n) is 1.17. The third-order valence-electron chi connectivity index (χ3n) is 2.12. The van der Waals surface area contributed by atoms with Crippen LogP contribution in [0.25, 0.3) is 0 Å². The van der Waals surface area contributed by atoms with Crippen LogP contribution < -0.4 is 5.32 Å². The van der Waals surface area contributed by atoms with E-state index in [2.05, 4.69) is 12.2 Å². The summed E-state index contributed by atoms with van der Waals surface area (Å²) in [4.78, 5) is 0. The maximum atomic E-state index is 4.72. The van der Waals surface area contributed by atoms with E-state index in [9.17, 15) is 0 Å². The zero-order valence-electron chi connectivity index (χ0n) is 7.44. The van der Waals surface area contributed by atoms with Gasteiger partial charge in [-0.15, -0.1) is 0 Å². The molecular weight excluding hydrogens is 138 g/mol. The highest BCUT2D eigenvalue weighted by molar-refractivity contribution is 4.63. The van der Waals surface area contributed by atoms with Crippen molar-refractivity contribution in [3.63, 3.8) is 0 Å². The van der Waals surface area contributed by atoms with Crippen molar-refractivity contribution >= 4 is 0 Å². The molecule has 2 rings (SSSR count). The Morgan fingerprint density at radius 3 is 2.09 bits per heavy atom. The van der Waals surface area contributed by atoms with Crippen molar-refractivity contribution in [2.24, 2.45) is 5.92 Å². The van der Waals surface area contributed by atoms with Gasteiger partial charge in [0.05, 0.1) is 0 Å². The first-order valence-electron chi connectivity index (χ1n) is 4.68. The number of nitrogens with one attached hydrogen (secondary N) is 1. The van der Waals surface area contributed by atoms with Crippen molar-refractivity contribution in [1.29, 1.82) is 0 Å². The SMILES string of the molecule is C1COC1.C[C@@H]1CCCNC1. The second-order valence-corrected chi connectivity index (χ2v) is 3.42. The lowest BCUT2D eigenvalue weighted by atomic mass is 10.0. The first kappa shape index (κ1) is 9.01. The fourth-order valence-corrected chi connectivity index (χ4v) is 1.17. The molecule has 0 saturated carbocycles. The van der Waals surface area contributed by atoms with Gasteiger partial charge in [-0.3, -0.25) is 0 Å². The van der Waals surface area contributed by atoms with Gasteiger partial charge in [0.15, 0.2) is 0 Å². The second-order valence-electron chi connectivity index (χ2n) is 3.42. The highest BCUT2D eigenvalue weighted by Gasteiger charge is 2.04. The molecule has 0 aromatic carbocycles. The molecule has 0 aromatic rings. The van der Waals surface area contributed by atoms with Crippen LogP contribution in [-0.4, -0.2) is 26.3 Å². The van der Waals surface area contributed by atoms with Gasteiger partial charge in [-0.2, -0.15) is 0 Å². The molecule has 2 heterocycles. The van der Waals surface area contributed by atoms with Crippen LogP contribution in [0, 0.1) is 5.92 Å². The Hall–Kier alpha value is -0.0800. The molecule has 2 nitrogen and oxygen atoms in total. The van der Waals surface area contributed by atoms with Crippen molar-refractivity contribution in [3.05, 3.63) is 0 Å². The average molecular weight is 157 g/mol. The van der Waals surface area contributed by atoms with Crippen LogP contribution in [0.4, 0.5) is 0 Å². The summed E-state index contributed by atoms with van der Waals surface area (Å²) in [6.45, 7) is 6.77. The van der Waals surface area contributed by atoms with Crippen molar-refractivity contribution in [1.82, 2.24) is 5.32 Å². The van der Waals surface area contributed by atoms with Crippen molar-refractivity contribution in [2.45, 2.75) is 26.2 Å². The molecule has 66 valence electrons. The Kier molecular flexibility index (Phi) is 4.55. The molecular formula is C9H19NO. The molecule has 0 radical (unpaired) electrons. The van der Waals surface area contributed by atoms with Gasteiger partial charge in [0, 0.05) is 13.2 Å². The topological polar surface area (TPSA) is 21.3 Å². The quantitative estimate of drug-likeness (QED) is 0.574. The maximum Gasteiger partial charge on any atom is 0.0488 e. The molecule has 2 heteroatoms. The summed E-state index contributed by atoms with van der Waals surface area (Å²) in [5.41, 5.74) is 0. The van der Waals surface area contributed by atoms with E-state index in [4.69, 9.17) is 4.74 Å². The van der Waals surface area contributed by atoms with Crippen LogP contribution in [0.1, 0.15) is 26.2 Å². The monoisotopic (exact) mass is 157 g/mol. The summed E-state index contributed by atoms with van der Waals surface area (Å²) in [5, 5.41) is 3.33. The molecule has 1 atom stereocenters. The van der Waals surface area contributed by atoms with Gasteiger partial charge in [0.2, 0.25) is 0 Å². The lowest BCUT2D eigenvalue weighted by Crippen LogP contribution is -2.27. The predicted molar refractivity (Wildman–Crippen MR) is 46.7 cm³/mol. The summed E-state index contributed by atoms with van der Waals surface area (Å²) in [6, 6.07) is 0. The molecule has 2 aliphatic rings. The number of piperidine rings is 1. The summed E-state index contributed by atoms with van der Waals surface area (Å²) in [7, 11) is 0. The Morgan fingerprint density at radius 2 is 1.91 bits per heavy atom. The molecule has 0 spiro atoms. The van der Waals surface area contributed by atoms with E-state index in [0.29, 0.717) is 0 Å². The maximum absolute atomic E-state index is 4.72. The Labute approximate surface area is 69.3 Å². The lowest BCUT2D eigenvalue weighted by Gasteiger charge is -2.17. The van der Waals surface area contributed by atoms with Crippen LogP contribution in [0.2, 0.25) is 0 Å². The molecule has 11 heavy (non-hydrogen) atoms. The third-order valence-corrected chi connectivity index (χ3v) is 2.12. The first-order chi connectivity index (χ1) is 5.39. The largest absolute Gasteiger partial charge is 0.381 e. The summed E-state index contributed by atoms with van der Waals surface area (Å²) >= 11 is 0. The van der Waals surface area contributed by atoms with Gasteiger partial charge in [0.25, 0.3) is 0 Å². The average Bonchev–Trinajstić information content (AvgIpc) is 1.85. The van der Waals surface area contributed by atoms with Gasteiger partial charge in [-0.1, -0.05) is 6.92 Å². The van der Waals surface area contributed by atoms with Gasteiger partial charge >= 0.3 is 0 Å². The van der Waals surface area contributed by atoms with Crippen molar-refractivity contribution in [2.75, 3.05) is 26.3 Å². The summed E-state index contributed by atoms with van der Waals surface area (Å²) in [6.07, 6.45) is 4.08. The standard InChI is InChI=1S/C6H13N.C3H6O/c1-6-3-2-4-7-5-6;1-2-4-3-1/h6-7H,2-5H2,1H3;1-3H2/t6-;/m1./s1. The molecule has 0 bridgehead atoms. The Bertz CT molecular complexity index is 81.6. The number of hydrogen-bond acceptors (Lipinski definition) is 2. The van der Waals surface area contributed by atoms with E-state index in [-0.39, 0.29) is 0 Å². The highest BCUT2D eigenvalue weighted by Crippen LogP contribution is 2.06. The molecule has 0 aromatic heterocycles. The van der Waals surface area contributed by atoms with E-state index in [0.717, 1.165) is 19.1 Å².